The number of alkyl halides is 3. The molecular formula is C11H8F3NS. The summed E-state index contributed by atoms with van der Waals surface area (Å²) < 4.78 is 37.9. The van der Waals surface area contributed by atoms with Crippen LogP contribution in [0.4, 0.5) is 13.2 Å². The second-order valence-corrected chi connectivity index (χ2v) is 4.01. The van der Waals surface area contributed by atoms with E-state index < -0.39 is 11.7 Å². The van der Waals surface area contributed by atoms with Gasteiger partial charge in [-0.2, -0.15) is 13.2 Å². The van der Waals surface area contributed by atoms with Gasteiger partial charge in [-0.25, -0.2) is 0 Å². The maximum Gasteiger partial charge on any atom is 0.416 e. The van der Waals surface area contributed by atoms with Crippen LogP contribution in [0.3, 0.4) is 0 Å². The van der Waals surface area contributed by atoms with Crippen molar-refractivity contribution in [3.05, 3.63) is 40.0 Å². The maximum atomic E-state index is 12.5. The number of aryl methyl sites for hydroxylation is 1. The van der Waals surface area contributed by atoms with Crippen LogP contribution >= 0.6 is 12.2 Å². The van der Waals surface area contributed by atoms with Crippen LogP contribution in [-0.4, -0.2) is 4.98 Å². The number of benzene rings is 1. The lowest BCUT2D eigenvalue weighted by atomic mass is 10.1. The number of hydrogen-bond acceptors (Lipinski definition) is 1. The fourth-order valence-electron chi connectivity index (χ4n) is 1.56. The van der Waals surface area contributed by atoms with E-state index in [1.54, 1.807) is 6.07 Å². The first-order valence-corrected chi connectivity index (χ1v) is 4.99. The van der Waals surface area contributed by atoms with E-state index in [4.69, 9.17) is 12.2 Å². The Kier molecular flexibility index (Phi) is 2.50. The highest BCUT2D eigenvalue weighted by molar-refractivity contribution is 7.71. The molecule has 0 radical (unpaired) electrons. The van der Waals surface area contributed by atoms with E-state index in [1.165, 1.54) is 6.07 Å². The molecule has 2 rings (SSSR count). The van der Waals surface area contributed by atoms with Gasteiger partial charge < -0.3 is 4.98 Å². The number of halogens is 3. The zero-order chi connectivity index (χ0) is 11.9. The van der Waals surface area contributed by atoms with Crippen LogP contribution in [0.25, 0.3) is 10.9 Å². The van der Waals surface area contributed by atoms with Gasteiger partial charge in [0.05, 0.1) is 5.56 Å². The van der Waals surface area contributed by atoms with Gasteiger partial charge in [-0.15, -0.1) is 0 Å². The molecule has 0 saturated heterocycles. The molecular weight excluding hydrogens is 235 g/mol. The molecule has 0 aliphatic carbocycles. The molecule has 0 aliphatic rings. The van der Waals surface area contributed by atoms with Gasteiger partial charge in [0.15, 0.2) is 0 Å². The van der Waals surface area contributed by atoms with Crippen molar-refractivity contribution in [1.29, 1.82) is 0 Å². The van der Waals surface area contributed by atoms with Crippen LogP contribution in [0, 0.1) is 11.4 Å². The fourth-order valence-corrected chi connectivity index (χ4v) is 1.90. The van der Waals surface area contributed by atoms with E-state index in [0.717, 1.165) is 17.8 Å². The van der Waals surface area contributed by atoms with Gasteiger partial charge in [0.1, 0.15) is 0 Å². The third-order valence-electron chi connectivity index (χ3n) is 2.29. The number of aromatic amines is 1. The summed E-state index contributed by atoms with van der Waals surface area (Å²) >= 11 is 5.04. The van der Waals surface area contributed by atoms with Crippen molar-refractivity contribution in [3.63, 3.8) is 0 Å². The number of pyridine rings is 1. The highest BCUT2D eigenvalue weighted by atomic mass is 32.1. The number of rotatable bonds is 0. The standard InChI is InChI=1S/C11H8F3NS/c1-6-4-10(16)8-5-7(11(12,13)14)2-3-9(8)15-6/h2-5H,1H3,(H,15,16). The molecule has 0 aliphatic heterocycles. The van der Waals surface area contributed by atoms with Gasteiger partial charge in [0.25, 0.3) is 0 Å². The first-order valence-electron chi connectivity index (χ1n) is 4.59. The van der Waals surface area contributed by atoms with Crippen molar-refractivity contribution in [2.75, 3.05) is 0 Å². The van der Waals surface area contributed by atoms with Crippen LogP contribution in [0.2, 0.25) is 0 Å². The zero-order valence-corrected chi connectivity index (χ0v) is 9.17. The lowest BCUT2D eigenvalue weighted by molar-refractivity contribution is -0.137. The Labute approximate surface area is 94.9 Å². The molecule has 2 aromatic rings. The lowest BCUT2D eigenvalue weighted by Gasteiger charge is -2.08. The Morgan fingerprint density at radius 3 is 2.50 bits per heavy atom. The normalized spacial score (nSPS) is 12.0. The maximum absolute atomic E-state index is 12.5. The largest absolute Gasteiger partial charge is 0.416 e. The lowest BCUT2D eigenvalue weighted by Crippen LogP contribution is -2.04. The van der Waals surface area contributed by atoms with Crippen LogP contribution in [0.5, 0.6) is 0 Å². The summed E-state index contributed by atoms with van der Waals surface area (Å²) in [7, 11) is 0. The minimum Gasteiger partial charge on any atom is -0.359 e. The molecule has 0 fully saturated rings. The van der Waals surface area contributed by atoms with Crippen molar-refractivity contribution >= 4 is 23.1 Å². The molecule has 1 nitrogen and oxygen atoms in total. The molecule has 84 valence electrons. The van der Waals surface area contributed by atoms with Gasteiger partial charge in [-0.3, -0.25) is 0 Å². The van der Waals surface area contributed by atoms with Gasteiger partial charge in [0.2, 0.25) is 0 Å². The van der Waals surface area contributed by atoms with Crippen molar-refractivity contribution in [2.45, 2.75) is 13.1 Å². The Bertz CT molecular complexity index is 598. The summed E-state index contributed by atoms with van der Waals surface area (Å²) in [6.07, 6.45) is -4.33. The SMILES string of the molecule is Cc1cc(=S)c2cc(C(F)(F)F)ccc2[nH]1. The molecule has 0 atom stereocenters. The Hall–Kier alpha value is -1.36. The molecule has 0 bridgehead atoms. The molecule has 1 heterocycles. The van der Waals surface area contributed by atoms with Crippen molar-refractivity contribution in [2.24, 2.45) is 0 Å². The predicted octanol–water partition coefficient (Wildman–Crippen LogP) is 4.22. The summed E-state index contributed by atoms with van der Waals surface area (Å²) in [6, 6.07) is 5.18. The van der Waals surface area contributed by atoms with Crippen LogP contribution in [0.15, 0.2) is 24.3 Å². The molecule has 16 heavy (non-hydrogen) atoms. The molecule has 1 aromatic heterocycles. The van der Waals surface area contributed by atoms with Gasteiger partial charge in [0, 0.05) is 21.1 Å². The number of H-pyrrole nitrogens is 1. The van der Waals surface area contributed by atoms with E-state index in [0.29, 0.717) is 15.4 Å². The Morgan fingerprint density at radius 1 is 1.19 bits per heavy atom. The molecule has 0 amide bonds. The smallest absolute Gasteiger partial charge is 0.359 e. The Balaban J connectivity index is 2.77. The van der Waals surface area contributed by atoms with Crippen molar-refractivity contribution in [3.8, 4) is 0 Å². The topological polar surface area (TPSA) is 15.8 Å². The van der Waals surface area contributed by atoms with Crippen LogP contribution < -0.4 is 0 Å². The van der Waals surface area contributed by atoms with E-state index >= 15 is 0 Å². The quantitative estimate of drug-likeness (QED) is 0.685. The minimum atomic E-state index is -4.33. The van der Waals surface area contributed by atoms with Crippen LogP contribution in [-0.2, 0) is 6.18 Å². The van der Waals surface area contributed by atoms with Gasteiger partial charge >= 0.3 is 6.18 Å². The fraction of sp³-hybridized carbons (Fsp3) is 0.182. The zero-order valence-electron chi connectivity index (χ0n) is 8.35. The summed E-state index contributed by atoms with van der Waals surface area (Å²) in [6.45, 7) is 1.81. The predicted molar refractivity (Wildman–Crippen MR) is 58.9 cm³/mol. The minimum absolute atomic E-state index is 0.426. The van der Waals surface area contributed by atoms with E-state index in [2.05, 4.69) is 4.98 Å². The second kappa shape index (κ2) is 3.59. The highest BCUT2D eigenvalue weighted by Gasteiger charge is 2.30. The van der Waals surface area contributed by atoms with E-state index in [1.807, 2.05) is 6.92 Å². The summed E-state index contributed by atoms with van der Waals surface area (Å²) in [5.74, 6) is 0. The number of hydrogen-bond donors (Lipinski definition) is 1. The highest BCUT2D eigenvalue weighted by Crippen LogP contribution is 2.31. The third-order valence-corrected chi connectivity index (χ3v) is 2.63. The molecule has 1 aromatic carbocycles. The molecule has 0 spiro atoms. The number of aromatic nitrogens is 1. The average molecular weight is 243 g/mol. The Morgan fingerprint density at radius 2 is 1.88 bits per heavy atom. The van der Waals surface area contributed by atoms with E-state index in [9.17, 15) is 13.2 Å². The summed E-state index contributed by atoms with van der Waals surface area (Å²) in [5, 5.41) is 0.426. The molecule has 0 saturated carbocycles. The second-order valence-electron chi connectivity index (χ2n) is 3.57. The van der Waals surface area contributed by atoms with Crippen LogP contribution in [0.1, 0.15) is 11.3 Å². The molecule has 1 N–H and O–H groups in total. The third kappa shape index (κ3) is 1.95. The molecule has 5 heteroatoms. The van der Waals surface area contributed by atoms with E-state index in [-0.39, 0.29) is 0 Å². The molecule has 0 unspecified atom stereocenters. The summed E-state index contributed by atoms with van der Waals surface area (Å²) in [4.78, 5) is 2.98. The van der Waals surface area contributed by atoms with Crippen molar-refractivity contribution in [1.82, 2.24) is 4.98 Å². The average Bonchev–Trinajstić information content (AvgIpc) is 2.15. The van der Waals surface area contributed by atoms with Gasteiger partial charge in [-0.1, -0.05) is 12.2 Å². The number of fused-ring (bicyclic) bond motifs is 1. The first-order chi connectivity index (χ1) is 7.38. The monoisotopic (exact) mass is 243 g/mol. The first kappa shape index (κ1) is 11.1. The van der Waals surface area contributed by atoms with Crippen molar-refractivity contribution < 1.29 is 13.2 Å². The number of nitrogens with one attached hydrogen (secondary N) is 1. The summed E-state index contributed by atoms with van der Waals surface area (Å²) in [5.41, 5.74) is 0.776. The van der Waals surface area contributed by atoms with Gasteiger partial charge in [-0.05, 0) is 31.2 Å².